The Labute approximate surface area is 168 Å². The fraction of sp³-hybridized carbons (Fsp3) is 0.318. The van der Waals surface area contributed by atoms with Crippen LogP contribution in [0.5, 0.6) is 0 Å². The highest BCUT2D eigenvalue weighted by Gasteiger charge is 2.42. The van der Waals surface area contributed by atoms with Gasteiger partial charge < -0.3 is 15.5 Å². The summed E-state index contributed by atoms with van der Waals surface area (Å²) in [6, 6.07) is 11.3. The van der Waals surface area contributed by atoms with E-state index in [1.54, 1.807) is 4.90 Å². The second-order valence-corrected chi connectivity index (χ2v) is 7.67. The highest BCUT2D eigenvalue weighted by molar-refractivity contribution is 6.46. The Balaban J connectivity index is 1.43. The molecule has 2 aromatic rings. The molecule has 6 nitrogen and oxygen atoms in total. The second kappa shape index (κ2) is 7.31. The number of piperidine rings is 1. The molecule has 2 aliphatic rings. The number of likely N-dealkylation sites (tertiary alicyclic amines) is 1. The van der Waals surface area contributed by atoms with E-state index in [1.165, 1.54) is 29.8 Å². The van der Waals surface area contributed by atoms with Crippen molar-refractivity contribution in [3.63, 3.8) is 0 Å². The number of urea groups is 1. The maximum Gasteiger partial charge on any atom is 0.321 e. The molecule has 2 aliphatic heterocycles. The molecule has 1 spiro atoms. The molecular formula is C22H23FN4O2. The van der Waals surface area contributed by atoms with Crippen molar-refractivity contribution in [1.82, 2.24) is 10.2 Å². The van der Waals surface area contributed by atoms with Crippen LogP contribution < -0.4 is 10.6 Å². The molecule has 0 bridgehead atoms. The van der Waals surface area contributed by atoms with E-state index >= 15 is 0 Å². The third kappa shape index (κ3) is 3.85. The summed E-state index contributed by atoms with van der Waals surface area (Å²) in [7, 11) is 0. The predicted molar refractivity (Wildman–Crippen MR) is 110 cm³/mol. The number of nitrogens with one attached hydrogen (secondary N) is 2. The molecule has 0 saturated carbocycles. The highest BCUT2D eigenvalue weighted by Crippen LogP contribution is 2.29. The minimum Gasteiger partial charge on any atom is -0.326 e. The predicted octanol–water partition coefficient (Wildman–Crippen LogP) is 3.39. The summed E-state index contributed by atoms with van der Waals surface area (Å²) in [4.78, 5) is 31.5. The summed E-state index contributed by atoms with van der Waals surface area (Å²) in [5.74, 6) is -0.519. The third-order valence-electron chi connectivity index (χ3n) is 5.64. The summed E-state index contributed by atoms with van der Waals surface area (Å²) in [5.41, 5.74) is 3.45. The molecule has 4 rings (SSSR count). The number of nitrogens with zero attached hydrogens (tertiary/aromatic N) is 2. The van der Waals surface area contributed by atoms with Crippen LogP contribution in [0.25, 0.3) is 0 Å². The maximum atomic E-state index is 13.0. The summed E-state index contributed by atoms with van der Waals surface area (Å²) >= 11 is 0. The zero-order chi connectivity index (χ0) is 20.6. The lowest BCUT2D eigenvalue weighted by Crippen LogP contribution is -2.53. The molecule has 0 unspecified atom stereocenters. The van der Waals surface area contributed by atoms with Crippen molar-refractivity contribution in [1.29, 1.82) is 0 Å². The molecule has 2 heterocycles. The molecule has 29 heavy (non-hydrogen) atoms. The van der Waals surface area contributed by atoms with E-state index in [2.05, 4.69) is 10.6 Å². The van der Waals surface area contributed by atoms with Gasteiger partial charge >= 0.3 is 6.03 Å². The molecule has 2 N–H and O–H groups in total. The minimum atomic E-state index is -0.655. The quantitative estimate of drug-likeness (QED) is 0.820. The summed E-state index contributed by atoms with van der Waals surface area (Å²) in [5, 5.41) is 5.79. The fourth-order valence-electron chi connectivity index (χ4n) is 3.70. The van der Waals surface area contributed by atoms with Crippen LogP contribution in [0.3, 0.4) is 0 Å². The van der Waals surface area contributed by atoms with E-state index < -0.39 is 5.66 Å². The smallest absolute Gasteiger partial charge is 0.321 e. The molecular weight excluding hydrogens is 371 g/mol. The molecule has 150 valence electrons. The van der Waals surface area contributed by atoms with Gasteiger partial charge in [0.05, 0.1) is 0 Å². The summed E-state index contributed by atoms with van der Waals surface area (Å²) in [6.45, 7) is 4.98. The lowest BCUT2D eigenvalue weighted by molar-refractivity contribution is -0.115. The monoisotopic (exact) mass is 394 g/mol. The number of carbonyl (C=O) groups excluding carboxylic acids is 2. The standard InChI is InChI=1S/C22H23FN4O2/c1-14-3-4-16(13-15(14)2)19-20(28)26-22(25-19)9-11-27(12-10-22)21(29)24-18-7-5-17(23)6-8-18/h3-8,13H,9-12H2,1-2H3,(H,24,29)(H,26,28). The minimum absolute atomic E-state index is 0.169. The van der Waals surface area contributed by atoms with Crippen molar-refractivity contribution >= 4 is 23.3 Å². The van der Waals surface area contributed by atoms with E-state index in [0.29, 0.717) is 37.3 Å². The number of hydrogen-bond donors (Lipinski definition) is 2. The van der Waals surface area contributed by atoms with Gasteiger partial charge in [0, 0.05) is 37.2 Å². The van der Waals surface area contributed by atoms with Crippen molar-refractivity contribution in [3.05, 3.63) is 65.0 Å². The van der Waals surface area contributed by atoms with Gasteiger partial charge in [-0.25, -0.2) is 9.18 Å². The fourth-order valence-corrected chi connectivity index (χ4v) is 3.70. The Morgan fingerprint density at radius 3 is 2.45 bits per heavy atom. The van der Waals surface area contributed by atoms with Crippen LogP contribution >= 0.6 is 0 Å². The van der Waals surface area contributed by atoms with Gasteiger partial charge in [-0.05, 0) is 55.3 Å². The Morgan fingerprint density at radius 2 is 1.79 bits per heavy atom. The zero-order valence-electron chi connectivity index (χ0n) is 16.5. The number of amides is 3. The van der Waals surface area contributed by atoms with E-state index in [1.807, 2.05) is 32.0 Å². The van der Waals surface area contributed by atoms with Gasteiger partial charge in [-0.15, -0.1) is 0 Å². The van der Waals surface area contributed by atoms with E-state index in [0.717, 1.165) is 11.1 Å². The zero-order valence-corrected chi connectivity index (χ0v) is 16.5. The number of halogens is 1. The summed E-state index contributed by atoms with van der Waals surface area (Å²) in [6.07, 6.45) is 1.09. The Hall–Kier alpha value is -3.22. The van der Waals surface area contributed by atoms with Gasteiger partial charge in [0.15, 0.2) is 0 Å². The summed E-state index contributed by atoms with van der Waals surface area (Å²) < 4.78 is 13.0. The molecule has 0 aromatic heterocycles. The van der Waals surface area contributed by atoms with Gasteiger partial charge in [-0.2, -0.15) is 0 Å². The van der Waals surface area contributed by atoms with E-state index in [4.69, 9.17) is 4.99 Å². The molecule has 1 fully saturated rings. The molecule has 2 aromatic carbocycles. The maximum absolute atomic E-state index is 13.0. The normalized spacial score (nSPS) is 17.8. The second-order valence-electron chi connectivity index (χ2n) is 7.67. The first-order chi connectivity index (χ1) is 13.8. The number of aryl methyl sites for hydroxylation is 2. The van der Waals surface area contributed by atoms with Crippen molar-refractivity contribution in [2.24, 2.45) is 4.99 Å². The topological polar surface area (TPSA) is 73.8 Å². The lowest BCUT2D eigenvalue weighted by Gasteiger charge is -2.37. The van der Waals surface area contributed by atoms with Gasteiger partial charge in [0.2, 0.25) is 0 Å². The van der Waals surface area contributed by atoms with Crippen LogP contribution in [-0.4, -0.2) is 41.3 Å². The average molecular weight is 394 g/mol. The Morgan fingerprint density at radius 1 is 1.10 bits per heavy atom. The molecule has 7 heteroatoms. The first kappa shape index (κ1) is 19.1. The lowest BCUT2D eigenvalue weighted by atomic mass is 9.98. The molecule has 1 saturated heterocycles. The Kier molecular flexibility index (Phi) is 4.82. The first-order valence-corrected chi connectivity index (χ1v) is 9.67. The van der Waals surface area contributed by atoms with Gasteiger partial charge in [-0.1, -0.05) is 12.1 Å². The molecule has 0 radical (unpaired) electrons. The van der Waals surface area contributed by atoms with Gasteiger partial charge in [-0.3, -0.25) is 9.79 Å². The van der Waals surface area contributed by atoms with Gasteiger partial charge in [0.1, 0.15) is 17.2 Å². The number of carbonyl (C=O) groups is 2. The molecule has 3 amide bonds. The van der Waals surface area contributed by atoms with Crippen molar-refractivity contribution < 1.29 is 14.0 Å². The third-order valence-corrected chi connectivity index (χ3v) is 5.64. The average Bonchev–Trinajstić information content (AvgIpc) is 3.02. The van der Waals surface area contributed by atoms with Crippen LogP contribution in [-0.2, 0) is 4.79 Å². The molecule has 0 atom stereocenters. The number of aliphatic imine (C=N–C) groups is 1. The van der Waals surface area contributed by atoms with Crippen LogP contribution in [0.2, 0.25) is 0 Å². The van der Waals surface area contributed by atoms with Crippen molar-refractivity contribution in [3.8, 4) is 0 Å². The SMILES string of the molecule is Cc1ccc(C2=NC3(CCN(C(=O)Nc4ccc(F)cc4)CC3)NC2=O)cc1C. The van der Waals surface area contributed by atoms with Gasteiger partial charge in [0.25, 0.3) is 5.91 Å². The van der Waals surface area contributed by atoms with Crippen LogP contribution in [0.4, 0.5) is 14.9 Å². The largest absolute Gasteiger partial charge is 0.326 e. The number of rotatable bonds is 2. The van der Waals surface area contributed by atoms with E-state index in [-0.39, 0.29) is 17.8 Å². The van der Waals surface area contributed by atoms with Crippen LogP contribution in [0, 0.1) is 19.7 Å². The first-order valence-electron chi connectivity index (χ1n) is 9.67. The number of benzene rings is 2. The van der Waals surface area contributed by atoms with Crippen LogP contribution in [0.15, 0.2) is 47.5 Å². The molecule has 0 aliphatic carbocycles. The van der Waals surface area contributed by atoms with E-state index in [9.17, 15) is 14.0 Å². The number of hydrogen-bond acceptors (Lipinski definition) is 3. The van der Waals surface area contributed by atoms with Crippen LogP contribution in [0.1, 0.15) is 29.5 Å². The number of anilines is 1. The van der Waals surface area contributed by atoms with Crippen molar-refractivity contribution in [2.75, 3.05) is 18.4 Å². The Bertz CT molecular complexity index is 992. The highest BCUT2D eigenvalue weighted by atomic mass is 19.1. The van der Waals surface area contributed by atoms with Crippen molar-refractivity contribution in [2.45, 2.75) is 32.4 Å².